The minimum atomic E-state index is -4.83. The zero-order chi connectivity index (χ0) is 37.1. The van der Waals surface area contributed by atoms with Crippen molar-refractivity contribution in [2.45, 2.75) is 72.6 Å². The normalized spacial score (nSPS) is 14.9. The van der Waals surface area contributed by atoms with Crippen LogP contribution in [0.1, 0.15) is 75.8 Å². The number of pyridine rings is 1. The van der Waals surface area contributed by atoms with Gasteiger partial charge < -0.3 is 28.7 Å². The van der Waals surface area contributed by atoms with Crippen LogP contribution in [-0.4, -0.2) is 108 Å². The number of ether oxygens (including phenoxy) is 4. The molecule has 0 unspecified atom stereocenters. The number of hydrogen-bond donors (Lipinski definition) is 0. The molecule has 1 aliphatic rings. The van der Waals surface area contributed by atoms with Crippen LogP contribution in [0, 0.1) is 11.8 Å². The summed E-state index contributed by atoms with van der Waals surface area (Å²) in [4.78, 5) is 52.2. The maximum absolute atomic E-state index is 13.1. The van der Waals surface area contributed by atoms with Crippen molar-refractivity contribution >= 4 is 30.2 Å². The molecule has 1 aromatic heterocycles. The first kappa shape index (κ1) is 39.6. The lowest BCUT2D eigenvalue weighted by molar-refractivity contribution is -0.280. The molecular weight excluding hydrogens is 659 g/mol. The third-order valence-electron chi connectivity index (χ3n) is 6.67. The summed E-state index contributed by atoms with van der Waals surface area (Å²) in [5.41, 5.74) is 0.372. The van der Waals surface area contributed by atoms with Crippen LogP contribution in [-0.2, 0) is 25.5 Å². The van der Waals surface area contributed by atoms with Gasteiger partial charge in [-0.3, -0.25) is 4.90 Å². The molecule has 1 aromatic carbocycles. The van der Waals surface area contributed by atoms with Crippen molar-refractivity contribution in [2.75, 3.05) is 45.9 Å². The molecule has 0 atom stereocenters. The van der Waals surface area contributed by atoms with Gasteiger partial charge in [0.15, 0.2) is 6.40 Å². The molecule has 2 amide bonds. The van der Waals surface area contributed by atoms with Crippen LogP contribution in [0.4, 0.5) is 28.4 Å². The molecule has 12 nitrogen and oxygen atoms in total. The molecular formula is C35H44F3N5O7. The highest BCUT2D eigenvalue weighted by Crippen LogP contribution is 2.18. The summed E-state index contributed by atoms with van der Waals surface area (Å²) in [5.74, 6) is 5.36. The second-order valence-electron chi connectivity index (χ2n) is 13.3. The summed E-state index contributed by atoms with van der Waals surface area (Å²) in [7, 11) is 0. The van der Waals surface area contributed by atoms with E-state index in [9.17, 15) is 27.6 Å². The number of carbonyl (C=O) groups is 3. The van der Waals surface area contributed by atoms with Gasteiger partial charge >= 0.3 is 24.5 Å². The number of rotatable bonds is 6. The first-order valence-corrected chi connectivity index (χ1v) is 16.1. The fourth-order valence-corrected chi connectivity index (χ4v) is 4.48. The van der Waals surface area contributed by atoms with Gasteiger partial charge in [-0.1, -0.05) is 11.8 Å². The van der Waals surface area contributed by atoms with Gasteiger partial charge in [-0.2, -0.15) is 0 Å². The summed E-state index contributed by atoms with van der Waals surface area (Å²) in [5, 5.41) is 0. The summed E-state index contributed by atoms with van der Waals surface area (Å²) < 4.78 is 56.6. The fraction of sp³-hybridized carbons (Fsp3) is 0.514. The van der Waals surface area contributed by atoms with Crippen molar-refractivity contribution in [3.8, 4) is 11.8 Å². The highest BCUT2D eigenvalue weighted by molar-refractivity contribution is 5.87. The van der Waals surface area contributed by atoms with Crippen LogP contribution in [0.25, 0.3) is 0 Å². The highest BCUT2D eigenvalue weighted by Gasteiger charge is 2.30. The number of carbonyl (C=O) groups excluding carboxylic acids is 3. The Kier molecular flexibility index (Phi) is 13.6. The van der Waals surface area contributed by atoms with Crippen LogP contribution in [0.2, 0.25) is 0 Å². The molecule has 50 heavy (non-hydrogen) atoms. The summed E-state index contributed by atoms with van der Waals surface area (Å²) in [6.45, 7) is 14.7. The molecule has 2 aromatic rings. The van der Waals surface area contributed by atoms with Crippen molar-refractivity contribution in [1.29, 1.82) is 0 Å². The van der Waals surface area contributed by atoms with Crippen LogP contribution < -0.4 is 0 Å². The van der Waals surface area contributed by atoms with E-state index in [1.807, 2.05) is 4.90 Å². The highest BCUT2D eigenvalue weighted by atomic mass is 19.4. The van der Waals surface area contributed by atoms with Crippen molar-refractivity contribution in [3.63, 3.8) is 0 Å². The lowest BCUT2D eigenvalue weighted by Gasteiger charge is -2.30. The van der Waals surface area contributed by atoms with Gasteiger partial charge in [0.2, 0.25) is 0 Å². The summed E-state index contributed by atoms with van der Waals surface area (Å²) >= 11 is 0. The number of esters is 1. The Morgan fingerprint density at radius 3 is 1.84 bits per heavy atom. The van der Waals surface area contributed by atoms with E-state index in [0.29, 0.717) is 49.4 Å². The zero-order valence-corrected chi connectivity index (χ0v) is 29.4. The average molecular weight is 704 g/mol. The maximum Gasteiger partial charge on any atom is 0.573 e. The van der Waals surface area contributed by atoms with Crippen LogP contribution in [0.15, 0.2) is 41.4 Å². The summed E-state index contributed by atoms with van der Waals surface area (Å²) in [6, 6.07) is 9.36. The molecule has 0 radical (unpaired) electrons. The molecule has 0 N–H and O–H groups in total. The standard InChI is InChI=1S/C35H44F3N5O7/c1-8-47-30(44)29-22-26(10-9-25-11-13-27(14-12-25)39-24-48-35(36,37)38)21-28(40-29)23-41-15-17-42(31(45)49-33(2,3)4)19-20-43(18-16-41)32(46)50-34(5,6)7/h11-14,21-22,24H,8,15-20,23H2,1-7H3. The van der Waals surface area contributed by atoms with E-state index in [0.717, 1.165) is 0 Å². The Hall–Kier alpha value is -4.84. The second-order valence-corrected chi connectivity index (χ2v) is 13.3. The Morgan fingerprint density at radius 2 is 1.34 bits per heavy atom. The lowest BCUT2D eigenvalue weighted by Crippen LogP contribution is -2.44. The van der Waals surface area contributed by atoms with E-state index >= 15 is 0 Å². The fourth-order valence-electron chi connectivity index (χ4n) is 4.48. The topological polar surface area (TPSA) is 123 Å². The van der Waals surface area contributed by atoms with E-state index < -0.39 is 35.7 Å². The van der Waals surface area contributed by atoms with Crippen molar-refractivity contribution in [1.82, 2.24) is 19.7 Å². The molecule has 272 valence electrons. The number of alkyl halides is 3. The molecule has 0 saturated carbocycles. The first-order valence-electron chi connectivity index (χ1n) is 16.1. The molecule has 0 spiro atoms. The van der Waals surface area contributed by atoms with E-state index in [4.69, 9.17) is 14.2 Å². The smallest absolute Gasteiger partial charge is 0.461 e. The molecule has 0 aliphatic carbocycles. The number of aromatic nitrogens is 1. The van der Waals surface area contributed by atoms with Gasteiger partial charge in [0.05, 0.1) is 18.0 Å². The Bertz CT molecular complexity index is 1530. The lowest BCUT2D eigenvalue weighted by atomic mass is 10.1. The average Bonchev–Trinajstić information content (AvgIpc) is 3.09. The van der Waals surface area contributed by atoms with E-state index in [1.165, 1.54) is 18.2 Å². The minimum Gasteiger partial charge on any atom is -0.461 e. The Balaban J connectivity index is 1.88. The predicted octanol–water partition coefficient (Wildman–Crippen LogP) is 6.14. The molecule has 1 fully saturated rings. The maximum atomic E-state index is 13.1. The number of nitrogens with zero attached hydrogens (tertiary/aromatic N) is 5. The minimum absolute atomic E-state index is 0.0537. The molecule has 1 aliphatic heterocycles. The van der Waals surface area contributed by atoms with Crippen LogP contribution in [0.3, 0.4) is 0 Å². The van der Waals surface area contributed by atoms with Gasteiger partial charge in [0.25, 0.3) is 0 Å². The monoisotopic (exact) mass is 703 g/mol. The summed E-state index contributed by atoms with van der Waals surface area (Å²) in [6.07, 6.45) is -5.52. The van der Waals surface area contributed by atoms with E-state index in [-0.39, 0.29) is 37.6 Å². The number of aliphatic imine (C=N–C) groups is 1. The van der Waals surface area contributed by atoms with Gasteiger partial charge in [0.1, 0.15) is 16.9 Å². The van der Waals surface area contributed by atoms with E-state index in [2.05, 4.69) is 26.6 Å². The molecule has 2 heterocycles. The van der Waals surface area contributed by atoms with Gasteiger partial charge in [0, 0.05) is 56.9 Å². The molecule has 3 rings (SSSR count). The van der Waals surface area contributed by atoms with Crippen molar-refractivity contribution in [3.05, 3.63) is 58.9 Å². The van der Waals surface area contributed by atoms with Crippen molar-refractivity contribution < 1.29 is 46.5 Å². The Labute approximate surface area is 290 Å². The van der Waals surface area contributed by atoms with Crippen molar-refractivity contribution in [2.24, 2.45) is 4.99 Å². The number of hydrogen-bond acceptors (Lipinski definition) is 10. The molecule has 0 bridgehead atoms. The van der Waals surface area contributed by atoms with Gasteiger partial charge in [-0.25, -0.2) is 24.4 Å². The van der Waals surface area contributed by atoms with Gasteiger partial charge in [-0.05, 0) is 84.9 Å². The Morgan fingerprint density at radius 1 is 0.820 bits per heavy atom. The second kappa shape index (κ2) is 17.2. The van der Waals surface area contributed by atoms with Crippen LogP contribution >= 0.6 is 0 Å². The largest absolute Gasteiger partial charge is 0.573 e. The number of amides is 2. The predicted molar refractivity (Wildman–Crippen MR) is 179 cm³/mol. The van der Waals surface area contributed by atoms with Gasteiger partial charge in [-0.15, -0.1) is 13.2 Å². The third kappa shape index (κ3) is 14.3. The zero-order valence-electron chi connectivity index (χ0n) is 29.4. The third-order valence-corrected chi connectivity index (χ3v) is 6.67. The molecule has 15 heteroatoms. The number of halogens is 3. The quantitative estimate of drug-likeness (QED) is 0.115. The SMILES string of the molecule is CCOC(=O)c1cc(C#Cc2ccc(N=COC(F)(F)F)cc2)cc(CN2CCN(C(=O)OC(C)(C)C)CCN(C(=O)OC(C)(C)C)CC2)n1. The first-order chi connectivity index (χ1) is 23.3. The number of benzene rings is 1. The van der Waals surface area contributed by atoms with Crippen LogP contribution in [0.5, 0.6) is 0 Å². The van der Waals surface area contributed by atoms with E-state index in [1.54, 1.807) is 76.5 Å². The molecule has 1 saturated heterocycles.